The maximum atomic E-state index is 13.4. The molecule has 1 atom stereocenters. The fourth-order valence-electron chi connectivity index (χ4n) is 5.58. The molecule has 2 aromatic rings. The molecule has 9 heteroatoms. The molecule has 2 aliphatic heterocycles. The molecule has 1 N–H and O–H groups in total. The van der Waals surface area contributed by atoms with Crippen molar-refractivity contribution in [3.05, 3.63) is 47.3 Å². The lowest BCUT2D eigenvalue weighted by molar-refractivity contribution is -0.161. The number of piperazine rings is 1. The number of amides is 2. The van der Waals surface area contributed by atoms with Gasteiger partial charge < -0.3 is 10.2 Å². The molecule has 2 amide bonds. The standard InChI is InChI=1S/C27H39N5O2.2ClH/c1-6-14-31-25(33)24(17-19(2)3)28-26(34)27(31)12-15-30(16-13-27)18-23-20(4)29-32(21(23)5)22-10-8-7-9-11-22;;/h7-11,19,24H,6,12-18H2,1-5H3,(H,28,34);2*1H/t24-;;/m0../s1. The maximum absolute atomic E-state index is 13.4. The van der Waals surface area contributed by atoms with Crippen LogP contribution in [-0.2, 0) is 16.1 Å². The summed E-state index contributed by atoms with van der Waals surface area (Å²) in [5.74, 6) is 0.492. The number of rotatable bonds is 7. The van der Waals surface area contributed by atoms with Crippen LogP contribution in [0.4, 0.5) is 0 Å². The molecule has 0 bridgehead atoms. The SMILES string of the molecule is CCCN1C(=O)[C@H](CC(C)C)NC(=O)C12CCN(Cc1c(C)nn(-c3ccccc3)c1C)CC2.Cl.Cl. The predicted molar refractivity (Wildman–Crippen MR) is 148 cm³/mol. The molecule has 0 aliphatic carbocycles. The highest BCUT2D eigenvalue weighted by Crippen LogP contribution is 2.35. The third-order valence-electron chi connectivity index (χ3n) is 7.47. The Bertz CT molecular complexity index is 1030. The monoisotopic (exact) mass is 537 g/mol. The zero-order valence-electron chi connectivity index (χ0n) is 22.1. The third-order valence-corrected chi connectivity index (χ3v) is 7.47. The Labute approximate surface area is 227 Å². The molecule has 2 aliphatic rings. The number of halogens is 2. The molecule has 1 aromatic carbocycles. The molecule has 2 fully saturated rings. The topological polar surface area (TPSA) is 70.5 Å². The van der Waals surface area contributed by atoms with Crippen molar-refractivity contribution in [2.24, 2.45) is 5.92 Å². The van der Waals surface area contributed by atoms with Gasteiger partial charge in [-0.25, -0.2) is 4.68 Å². The predicted octanol–water partition coefficient (Wildman–Crippen LogP) is 4.45. The summed E-state index contributed by atoms with van der Waals surface area (Å²) in [7, 11) is 0. The van der Waals surface area contributed by atoms with E-state index >= 15 is 0 Å². The minimum absolute atomic E-state index is 0. The van der Waals surface area contributed by atoms with Crippen LogP contribution in [0.5, 0.6) is 0 Å². The van der Waals surface area contributed by atoms with Gasteiger partial charge in [-0.15, -0.1) is 24.8 Å². The summed E-state index contributed by atoms with van der Waals surface area (Å²) in [4.78, 5) is 31.1. The highest BCUT2D eigenvalue weighted by Gasteiger charge is 2.53. The van der Waals surface area contributed by atoms with Crippen LogP contribution in [-0.4, -0.2) is 62.6 Å². The lowest BCUT2D eigenvalue weighted by Gasteiger charge is -2.52. The highest BCUT2D eigenvalue weighted by atomic mass is 35.5. The lowest BCUT2D eigenvalue weighted by Crippen LogP contribution is -2.73. The fraction of sp³-hybridized carbons (Fsp3) is 0.593. The third kappa shape index (κ3) is 5.74. The Morgan fingerprint density at radius 3 is 2.31 bits per heavy atom. The van der Waals surface area contributed by atoms with Gasteiger partial charge in [-0.05, 0) is 57.6 Å². The van der Waals surface area contributed by atoms with E-state index in [2.05, 4.69) is 57.0 Å². The van der Waals surface area contributed by atoms with Gasteiger partial charge in [0.05, 0.1) is 11.4 Å². The largest absolute Gasteiger partial charge is 0.342 e. The van der Waals surface area contributed by atoms with Gasteiger partial charge in [-0.1, -0.05) is 39.0 Å². The number of hydrogen-bond acceptors (Lipinski definition) is 4. The van der Waals surface area contributed by atoms with Gasteiger partial charge in [-0.3, -0.25) is 14.5 Å². The molecular formula is C27H41Cl2N5O2. The Balaban J connectivity index is 0.00000228. The second-order valence-electron chi connectivity index (χ2n) is 10.3. The summed E-state index contributed by atoms with van der Waals surface area (Å²) < 4.78 is 2.02. The molecule has 36 heavy (non-hydrogen) atoms. The summed E-state index contributed by atoms with van der Waals surface area (Å²) in [6, 6.07) is 9.82. The number of hydrogen-bond donors (Lipinski definition) is 1. The van der Waals surface area contributed by atoms with Gasteiger partial charge in [0.25, 0.3) is 0 Å². The van der Waals surface area contributed by atoms with Crippen LogP contribution in [0.15, 0.2) is 30.3 Å². The summed E-state index contributed by atoms with van der Waals surface area (Å²) in [6.07, 6.45) is 2.89. The first kappa shape index (κ1) is 30.1. The van der Waals surface area contributed by atoms with Crippen LogP contribution in [0, 0.1) is 19.8 Å². The summed E-state index contributed by atoms with van der Waals surface area (Å²) in [6.45, 7) is 13.5. The number of carbonyl (C=O) groups is 2. The summed E-state index contributed by atoms with van der Waals surface area (Å²) in [5.41, 5.74) is 3.78. The van der Waals surface area contributed by atoms with Gasteiger partial charge >= 0.3 is 0 Å². The van der Waals surface area contributed by atoms with E-state index in [-0.39, 0.29) is 36.6 Å². The molecular weight excluding hydrogens is 497 g/mol. The molecule has 4 rings (SSSR count). The molecule has 3 heterocycles. The van der Waals surface area contributed by atoms with Gasteiger partial charge in [0.15, 0.2) is 0 Å². The molecule has 2 saturated heterocycles. The minimum Gasteiger partial charge on any atom is -0.342 e. The molecule has 0 unspecified atom stereocenters. The van der Waals surface area contributed by atoms with Crippen LogP contribution in [0.2, 0.25) is 0 Å². The van der Waals surface area contributed by atoms with E-state index in [1.54, 1.807) is 0 Å². The average Bonchev–Trinajstić information content (AvgIpc) is 3.10. The van der Waals surface area contributed by atoms with Crippen LogP contribution in [0.25, 0.3) is 5.69 Å². The number of benzene rings is 1. The van der Waals surface area contributed by atoms with Crippen molar-refractivity contribution in [3.8, 4) is 5.69 Å². The molecule has 1 aromatic heterocycles. The number of para-hydroxylation sites is 1. The minimum atomic E-state index is -0.713. The van der Waals surface area contributed by atoms with E-state index in [4.69, 9.17) is 5.10 Å². The number of nitrogens with zero attached hydrogens (tertiary/aromatic N) is 4. The van der Waals surface area contributed by atoms with Gasteiger partial charge in [0.2, 0.25) is 11.8 Å². The van der Waals surface area contributed by atoms with Crippen molar-refractivity contribution >= 4 is 36.6 Å². The number of likely N-dealkylation sites (tertiary alicyclic amines) is 1. The van der Waals surface area contributed by atoms with Crippen LogP contribution in [0.1, 0.15) is 63.4 Å². The Morgan fingerprint density at radius 1 is 1.08 bits per heavy atom. The van der Waals surface area contributed by atoms with E-state index in [1.165, 1.54) is 5.56 Å². The number of aryl methyl sites for hydroxylation is 1. The number of aromatic nitrogens is 2. The number of nitrogens with one attached hydrogen (secondary N) is 1. The van der Waals surface area contributed by atoms with Gasteiger partial charge in [0, 0.05) is 37.4 Å². The highest BCUT2D eigenvalue weighted by molar-refractivity contribution is 6.00. The number of carbonyl (C=O) groups excluding carboxylic acids is 2. The van der Waals surface area contributed by atoms with E-state index < -0.39 is 11.6 Å². The second kappa shape index (κ2) is 12.4. The van der Waals surface area contributed by atoms with Crippen LogP contribution in [0.3, 0.4) is 0 Å². The first-order chi connectivity index (χ1) is 16.3. The van der Waals surface area contributed by atoms with Crippen molar-refractivity contribution in [2.45, 2.75) is 78.4 Å². The van der Waals surface area contributed by atoms with Gasteiger partial charge in [0.1, 0.15) is 11.6 Å². The lowest BCUT2D eigenvalue weighted by atomic mass is 9.80. The Kier molecular flexibility index (Phi) is 10.4. The normalized spacial score (nSPS) is 19.7. The van der Waals surface area contributed by atoms with Crippen molar-refractivity contribution < 1.29 is 9.59 Å². The Hall–Kier alpha value is -2.09. The van der Waals surface area contributed by atoms with E-state index in [9.17, 15) is 9.59 Å². The molecule has 0 radical (unpaired) electrons. The average molecular weight is 539 g/mol. The summed E-state index contributed by atoms with van der Waals surface area (Å²) in [5, 5.41) is 7.88. The fourth-order valence-corrected chi connectivity index (χ4v) is 5.58. The van der Waals surface area contributed by atoms with E-state index in [0.29, 0.717) is 31.7 Å². The van der Waals surface area contributed by atoms with Gasteiger partial charge in [-0.2, -0.15) is 5.10 Å². The first-order valence-corrected chi connectivity index (χ1v) is 12.7. The van der Waals surface area contributed by atoms with Crippen LogP contribution < -0.4 is 5.32 Å². The van der Waals surface area contributed by atoms with Crippen molar-refractivity contribution in [3.63, 3.8) is 0 Å². The second-order valence-corrected chi connectivity index (χ2v) is 10.3. The molecule has 0 saturated carbocycles. The van der Waals surface area contributed by atoms with Crippen molar-refractivity contribution in [2.75, 3.05) is 19.6 Å². The quantitative estimate of drug-likeness (QED) is 0.566. The maximum Gasteiger partial charge on any atom is 0.246 e. The zero-order valence-corrected chi connectivity index (χ0v) is 23.8. The van der Waals surface area contributed by atoms with Crippen molar-refractivity contribution in [1.82, 2.24) is 24.9 Å². The molecule has 1 spiro atoms. The smallest absolute Gasteiger partial charge is 0.246 e. The van der Waals surface area contributed by atoms with E-state index in [1.807, 2.05) is 27.8 Å². The Morgan fingerprint density at radius 2 is 1.72 bits per heavy atom. The summed E-state index contributed by atoms with van der Waals surface area (Å²) >= 11 is 0. The first-order valence-electron chi connectivity index (χ1n) is 12.7. The number of piperidine rings is 1. The van der Waals surface area contributed by atoms with E-state index in [0.717, 1.165) is 43.1 Å². The van der Waals surface area contributed by atoms with Crippen molar-refractivity contribution in [1.29, 1.82) is 0 Å². The van der Waals surface area contributed by atoms with Crippen LogP contribution >= 0.6 is 24.8 Å². The zero-order chi connectivity index (χ0) is 24.5. The molecule has 200 valence electrons. The molecule has 7 nitrogen and oxygen atoms in total.